The third-order valence-corrected chi connectivity index (χ3v) is 2.72. The van der Waals surface area contributed by atoms with Gasteiger partial charge in [-0.05, 0) is 13.3 Å². The predicted molar refractivity (Wildman–Crippen MR) is 67.2 cm³/mol. The fraction of sp³-hybridized carbons (Fsp3) is 0.333. The van der Waals surface area contributed by atoms with Crippen molar-refractivity contribution in [3.63, 3.8) is 0 Å². The van der Waals surface area contributed by atoms with Gasteiger partial charge < -0.3 is 5.32 Å². The lowest BCUT2D eigenvalue weighted by Crippen LogP contribution is -2.18. The number of amides is 1. The summed E-state index contributed by atoms with van der Waals surface area (Å²) in [5, 5.41) is 6.98. The van der Waals surface area contributed by atoms with Gasteiger partial charge in [0.05, 0.1) is 18.4 Å². The Kier molecular flexibility index (Phi) is 3.66. The summed E-state index contributed by atoms with van der Waals surface area (Å²) < 4.78 is 1.79. The van der Waals surface area contributed by atoms with Gasteiger partial charge in [0.2, 0.25) is 0 Å². The average molecular weight is 245 g/mol. The lowest BCUT2D eigenvalue weighted by molar-refractivity contribution is 0.102. The van der Waals surface area contributed by atoms with E-state index in [9.17, 15) is 4.79 Å². The fourth-order valence-electron chi connectivity index (χ4n) is 1.53. The van der Waals surface area contributed by atoms with Gasteiger partial charge in [0, 0.05) is 18.5 Å². The summed E-state index contributed by atoms with van der Waals surface area (Å²) >= 11 is 0. The number of nitrogens with one attached hydrogen (secondary N) is 1. The molecule has 1 N–H and O–H groups in total. The van der Waals surface area contributed by atoms with Crippen molar-refractivity contribution in [3.8, 4) is 0 Å². The second-order valence-corrected chi connectivity index (χ2v) is 3.96. The van der Waals surface area contributed by atoms with Crippen molar-refractivity contribution >= 4 is 11.7 Å². The largest absolute Gasteiger partial charge is 0.305 e. The van der Waals surface area contributed by atoms with E-state index in [-0.39, 0.29) is 17.6 Å². The Morgan fingerprint density at radius 3 is 2.94 bits per heavy atom. The summed E-state index contributed by atoms with van der Waals surface area (Å²) in [7, 11) is 0. The van der Waals surface area contributed by atoms with Crippen molar-refractivity contribution in [3.05, 3.63) is 36.5 Å². The predicted octanol–water partition coefficient (Wildman–Crippen LogP) is 1.90. The van der Waals surface area contributed by atoms with Gasteiger partial charge in [-0.25, -0.2) is 9.67 Å². The molecule has 6 heteroatoms. The maximum absolute atomic E-state index is 11.9. The van der Waals surface area contributed by atoms with Gasteiger partial charge in [0.25, 0.3) is 5.91 Å². The van der Waals surface area contributed by atoms with E-state index in [0.717, 1.165) is 6.42 Å². The molecule has 1 amide bonds. The molecule has 6 nitrogen and oxygen atoms in total. The first-order chi connectivity index (χ1) is 8.72. The number of hydrogen-bond donors (Lipinski definition) is 1. The Morgan fingerprint density at radius 2 is 2.28 bits per heavy atom. The van der Waals surface area contributed by atoms with Crippen LogP contribution in [0.5, 0.6) is 0 Å². The molecule has 0 fully saturated rings. The molecule has 0 bridgehead atoms. The summed E-state index contributed by atoms with van der Waals surface area (Å²) in [6, 6.07) is 2.00. The number of carbonyl (C=O) groups is 1. The second-order valence-electron chi connectivity index (χ2n) is 3.96. The van der Waals surface area contributed by atoms with Gasteiger partial charge in [-0.2, -0.15) is 5.10 Å². The van der Waals surface area contributed by atoms with Gasteiger partial charge >= 0.3 is 0 Å². The van der Waals surface area contributed by atoms with Gasteiger partial charge in [-0.3, -0.25) is 9.78 Å². The van der Waals surface area contributed by atoms with E-state index in [1.54, 1.807) is 16.9 Å². The molecule has 0 aliphatic carbocycles. The Balaban J connectivity index is 2.15. The van der Waals surface area contributed by atoms with Crippen LogP contribution in [0, 0.1) is 0 Å². The molecule has 0 aromatic carbocycles. The zero-order chi connectivity index (χ0) is 13.0. The van der Waals surface area contributed by atoms with E-state index >= 15 is 0 Å². The summed E-state index contributed by atoms with van der Waals surface area (Å²) in [6.07, 6.45) is 7.05. The van der Waals surface area contributed by atoms with Crippen molar-refractivity contribution in [1.82, 2.24) is 19.7 Å². The summed E-state index contributed by atoms with van der Waals surface area (Å²) in [5.74, 6) is 0.383. The quantitative estimate of drug-likeness (QED) is 0.892. The number of carbonyl (C=O) groups excluding carboxylic acids is 1. The maximum atomic E-state index is 11.9. The van der Waals surface area contributed by atoms with Crippen LogP contribution >= 0.6 is 0 Å². The fourth-order valence-corrected chi connectivity index (χ4v) is 1.53. The molecule has 94 valence electrons. The van der Waals surface area contributed by atoms with Crippen molar-refractivity contribution in [1.29, 1.82) is 0 Å². The number of hydrogen-bond acceptors (Lipinski definition) is 4. The lowest BCUT2D eigenvalue weighted by Gasteiger charge is -2.13. The highest BCUT2D eigenvalue weighted by Gasteiger charge is 2.13. The molecule has 0 saturated heterocycles. The Hall–Kier alpha value is -2.24. The molecule has 1 atom stereocenters. The molecule has 0 spiro atoms. The van der Waals surface area contributed by atoms with Crippen LogP contribution in [0.15, 0.2) is 30.9 Å². The topological polar surface area (TPSA) is 72.7 Å². The van der Waals surface area contributed by atoms with E-state index in [4.69, 9.17) is 0 Å². The van der Waals surface area contributed by atoms with Gasteiger partial charge in [0.15, 0.2) is 0 Å². The minimum atomic E-state index is -0.284. The summed E-state index contributed by atoms with van der Waals surface area (Å²) in [4.78, 5) is 19.7. The number of anilines is 1. The van der Waals surface area contributed by atoms with E-state index in [2.05, 4.69) is 27.3 Å². The van der Waals surface area contributed by atoms with E-state index < -0.39 is 0 Å². The highest BCUT2D eigenvalue weighted by atomic mass is 16.2. The van der Waals surface area contributed by atoms with Crippen LogP contribution in [-0.4, -0.2) is 25.7 Å². The smallest absolute Gasteiger partial charge is 0.277 e. The van der Waals surface area contributed by atoms with Crippen LogP contribution in [0.4, 0.5) is 5.82 Å². The van der Waals surface area contributed by atoms with Crippen molar-refractivity contribution in [2.75, 3.05) is 5.32 Å². The standard InChI is InChI=1S/C12H15N5O/c1-3-9(2)17-11(4-5-15-17)16-12(18)10-8-13-6-7-14-10/h4-9H,3H2,1-2H3,(H,16,18). The van der Waals surface area contributed by atoms with E-state index in [1.165, 1.54) is 18.6 Å². The molecule has 2 rings (SSSR count). The van der Waals surface area contributed by atoms with Crippen LogP contribution in [0.25, 0.3) is 0 Å². The number of nitrogens with zero attached hydrogens (tertiary/aromatic N) is 4. The zero-order valence-electron chi connectivity index (χ0n) is 10.4. The average Bonchev–Trinajstić information content (AvgIpc) is 2.87. The molecule has 0 radical (unpaired) electrons. The maximum Gasteiger partial charge on any atom is 0.277 e. The first-order valence-corrected chi connectivity index (χ1v) is 5.83. The Labute approximate surface area is 105 Å². The van der Waals surface area contributed by atoms with Gasteiger partial charge in [-0.1, -0.05) is 6.92 Å². The third-order valence-electron chi connectivity index (χ3n) is 2.72. The van der Waals surface area contributed by atoms with Crippen LogP contribution in [-0.2, 0) is 0 Å². The molecule has 18 heavy (non-hydrogen) atoms. The molecule has 0 aliphatic rings. The summed E-state index contributed by atoms with van der Waals surface area (Å²) in [5.41, 5.74) is 0.286. The minimum Gasteiger partial charge on any atom is -0.305 e. The highest BCUT2D eigenvalue weighted by Crippen LogP contribution is 2.16. The normalized spacial score (nSPS) is 12.1. The van der Waals surface area contributed by atoms with Gasteiger partial charge in [-0.15, -0.1) is 0 Å². The van der Waals surface area contributed by atoms with E-state index in [0.29, 0.717) is 5.82 Å². The van der Waals surface area contributed by atoms with E-state index in [1.807, 2.05) is 6.92 Å². The van der Waals surface area contributed by atoms with Crippen molar-refractivity contribution < 1.29 is 4.79 Å². The van der Waals surface area contributed by atoms with Crippen LogP contribution in [0.2, 0.25) is 0 Å². The van der Waals surface area contributed by atoms with Crippen LogP contribution in [0.1, 0.15) is 36.8 Å². The summed E-state index contributed by atoms with van der Waals surface area (Å²) in [6.45, 7) is 4.12. The van der Waals surface area contributed by atoms with Crippen LogP contribution < -0.4 is 5.32 Å². The zero-order valence-corrected chi connectivity index (χ0v) is 10.4. The molecular weight excluding hydrogens is 230 g/mol. The number of rotatable bonds is 4. The van der Waals surface area contributed by atoms with Gasteiger partial charge in [0.1, 0.15) is 11.5 Å². The Morgan fingerprint density at radius 1 is 1.44 bits per heavy atom. The highest BCUT2D eigenvalue weighted by molar-refractivity contribution is 6.02. The molecule has 2 heterocycles. The second kappa shape index (κ2) is 5.39. The molecule has 2 aromatic heterocycles. The molecule has 0 aliphatic heterocycles. The van der Waals surface area contributed by atoms with Crippen molar-refractivity contribution in [2.24, 2.45) is 0 Å². The molecular formula is C12H15N5O. The SMILES string of the molecule is CCC(C)n1nccc1NC(=O)c1cnccn1. The van der Waals surface area contributed by atoms with Crippen molar-refractivity contribution in [2.45, 2.75) is 26.3 Å². The first kappa shape index (κ1) is 12.2. The molecule has 0 saturated carbocycles. The first-order valence-electron chi connectivity index (χ1n) is 5.83. The monoisotopic (exact) mass is 245 g/mol. The Bertz CT molecular complexity index is 522. The van der Waals surface area contributed by atoms with Crippen LogP contribution in [0.3, 0.4) is 0 Å². The minimum absolute atomic E-state index is 0.233. The third kappa shape index (κ3) is 2.53. The lowest BCUT2D eigenvalue weighted by atomic mass is 10.3. The molecule has 1 unspecified atom stereocenters. The molecule has 2 aromatic rings. The number of aromatic nitrogens is 4.